The number of carbonyl (C=O) groups excluding carboxylic acids is 3. The maximum absolute atomic E-state index is 12.3. The molecule has 0 spiro atoms. The number of para-hydroxylation sites is 1. The molecular weight excluding hydrogens is 390 g/mol. The molecule has 3 amide bonds. The highest BCUT2D eigenvalue weighted by molar-refractivity contribution is 9.10. The van der Waals surface area contributed by atoms with Crippen molar-refractivity contribution < 1.29 is 18.8 Å². The van der Waals surface area contributed by atoms with Crippen LogP contribution in [0.25, 0.3) is 0 Å². The Hall–Kier alpha value is -2.61. The van der Waals surface area contributed by atoms with E-state index in [0.29, 0.717) is 36.3 Å². The molecule has 130 valence electrons. The first kappa shape index (κ1) is 17.2. The normalized spacial score (nSPS) is 14.3. The van der Waals surface area contributed by atoms with Crippen molar-refractivity contribution >= 4 is 39.3 Å². The van der Waals surface area contributed by atoms with E-state index >= 15 is 0 Å². The summed E-state index contributed by atoms with van der Waals surface area (Å²) in [4.78, 5) is 39.7. The van der Waals surface area contributed by atoms with Gasteiger partial charge in [0.2, 0.25) is 0 Å². The summed E-state index contributed by atoms with van der Waals surface area (Å²) in [6.07, 6.45) is 1.44. The van der Waals surface area contributed by atoms with Crippen LogP contribution in [0.15, 0.2) is 51.6 Å². The van der Waals surface area contributed by atoms with E-state index in [-0.39, 0.29) is 11.7 Å². The number of hydrogen-bond donors (Lipinski definition) is 1. The molecule has 0 atom stereocenters. The van der Waals surface area contributed by atoms with Crippen molar-refractivity contribution in [2.75, 3.05) is 31.5 Å². The SMILES string of the molecule is O=C(Nc1ccccc1Br)C(=O)N1CCN(C(=O)c2ccco2)CC1. The fourth-order valence-electron chi connectivity index (χ4n) is 2.55. The molecule has 1 aliphatic rings. The molecule has 0 unspecified atom stereocenters. The maximum atomic E-state index is 12.3. The number of carbonyl (C=O) groups is 3. The molecule has 0 radical (unpaired) electrons. The first-order chi connectivity index (χ1) is 12.1. The van der Waals surface area contributed by atoms with Crippen molar-refractivity contribution in [2.24, 2.45) is 0 Å². The predicted octanol–water partition coefficient (Wildman–Crippen LogP) is 1.97. The molecule has 7 nitrogen and oxygen atoms in total. The third kappa shape index (κ3) is 3.90. The second-order valence-corrected chi connectivity index (χ2v) is 6.35. The molecule has 0 saturated carbocycles. The molecule has 1 aromatic heterocycles. The molecule has 1 aliphatic heterocycles. The molecule has 2 heterocycles. The second kappa shape index (κ2) is 7.52. The Kier molecular flexibility index (Phi) is 5.18. The highest BCUT2D eigenvalue weighted by atomic mass is 79.9. The lowest BCUT2D eigenvalue weighted by Crippen LogP contribution is -2.52. The Morgan fingerprint density at radius 3 is 2.28 bits per heavy atom. The number of halogens is 1. The van der Waals surface area contributed by atoms with Crippen molar-refractivity contribution in [3.05, 3.63) is 52.9 Å². The summed E-state index contributed by atoms with van der Waals surface area (Å²) in [5.74, 6) is -1.25. The number of benzene rings is 1. The van der Waals surface area contributed by atoms with E-state index in [1.807, 2.05) is 6.07 Å². The van der Waals surface area contributed by atoms with E-state index in [1.165, 1.54) is 11.2 Å². The van der Waals surface area contributed by atoms with Crippen LogP contribution < -0.4 is 5.32 Å². The first-order valence-electron chi connectivity index (χ1n) is 7.74. The highest BCUT2D eigenvalue weighted by Gasteiger charge is 2.29. The van der Waals surface area contributed by atoms with Crippen LogP contribution in [0.4, 0.5) is 5.69 Å². The van der Waals surface area contributed by atoms with E-state index in [2.05, 4.69) is 21.2 Å². The van der Waals surface area contributed by atoms with Gasteiger partial charge in [-0.25, -0.2) is 0 Å². The number of rotatable bonds is 2. The van der Waals surface area contributed by atoms with Gasteiger partial charge in [-0.05, 0) is 40.2 Å². The van der Waals surface area contributed by atoms with Gasteiger partial charge in [0.1, 0.15) is 0 Å². The number of anilines is 1. The molecule has 1 aromatic carbocycles. The van der Waals surface area contributed by atoms with Crippen LogP contribution in [0.3, 0.4) is 0 Å². The van der Waals surface area contributed by atoms with E-state index < -0.39 is 11.8 Å². The molecule has 1 fully saturated rings. The molecule has 8 heteroatoms. The van der Waals surface area contributed by atoms with Crippen LogP contribution in [0.2, 0.25) is 0 Å². The summed E-state index contributed by atoms with van der Waals surface area (Å²) < 4.78 is 5.80. The molecule has 0 bridgehead atoms. The third-order valence-corrected chi connectivity index (χ3v) is 4.59. The standard InChI is InChI=1S/C17H16BrN3O4/c18-12-4-1-2-5-13(12)19-15(22)17(24)21-9-7-20(8-10-21)16(23)14-6-3-11-25-14/h1-6,11H,7-10H2,(H,19,22). The Bertz CT molecular complexity index is 783. The topological polar surface area (TPSA) is 82.9 Å². The zero-order valence-corrected chi connectivity index (χ0v) is 14.9. The van der Waals surface area contributed by atoms with E-state index in [0.717, 1.165) is 0 Å². The number of furan rings is 1. The lowest BCUT2D eigenvalue weighted by molar-refractivity contribution is -0.144. The van der Waals surface area contributed by atoms with Gasteiger partial charge in [-0.2, -0.15) is 0 Å². The van der Waals surface area contributed by atoms with Crippen LogP contribution in [0.1, 0.15) is 10.6 Å². The lowest BCUT2D eigenvalue weighted by Gasteiger charge is -2.33. The Balaban J connectivity index is 1.55. The fourth-order valence-corrected chi connectivity index (χ4v) is 2.93. The van der Waals surface area contributed by atoms with Gasteiger partial charge in [-0.15, -0.1) is 0 Å². The predicted molar refractivity (Wildman–Crippen MR) is 94.0 cm³/mol. The largest absolute Gasteiger partial charge is 0.459 e. The summed E-state index contributed by atoms with van der Waals surface area (Å²) >= 11 is 3.32. The van der Waals surface area contributed by atoms with Crippen molar-refractivity contribution in [3.63, 3.8) is 0 Å². The second-order valence-electron chi connectivity index (χ2n) is 5.50. The van der Waals surface area contributed by atoms with Gasteiger partial charge in [0.15, 0.2) is 5.76 Å². The molecule has 3 rings (SSSR count). The van der Waals surface area contributed by atoms with Gasteiger partial charge in [0.25, 0.3) is 5.91 Å². The van der Waals surface area contributed by atoms with Gasteiger partial charge in [-0.1, -0.05) is 12.1 Å². The van der Waals surface area contributed by atoms with Crippen LogP contribution in [0.5, 0.6) is 0 Å². The zero-order valence-electron chi connectivity index (χ0n) is 13.3. The van der Waals surface area contributed by atoms with Gasteiger partial charge in [0, 0.05) is 30.7 Å². The van der Waals surface area contributed by atoms with Crippen molar-refractivity contribution in [3.8, 4) is 0 Å². The van der Waals surface area contributed by atoms with Gasteiger partial charge in [0.05, 0.1) is 12.0 Å². The fraction of sp³-hybridized carbons (Fsp3) is 0.235. The Morgan fingerprint density at radius 2 is 1.64 bits per heavy atom. The maximum Gasteiger partial charge on any atom is 0.313 e. The molecular formula is C17H16BrN3O4. The van der Waals surface area contributed by atoms with Crippen LogP contribution in [-0.4, -0.2) is 53.7 Å². The van der Waals surface area contributed by atoms with Gasteiger partial charge >= 0.3 is 11.8 Å². The van der Waals surface area contributed by atoms with E-state index in [9.17, 15) is 14.4 Å². The lowest BCUT2D eigenvalue weighted by atomic mass is 10.2. The summed E-state index contributed by atoms with van der Waals surface area (Å²) in [7, 11) is 0. The highest BCUT2D eigenvalue weighted by Crippen LogP contribution is 2.21. The van der Waals surface area contributed by atoms with E-state index in [1.54, 1.807) is 35.2 Å². The molecule has 1 saturated heterocycles. The number of nitrogens with one attached hydrogen (secondary N) is 1. The quantitative estimate of drug-likeness (QED) is 0.774. The number of amides is 3. The summed E-state index contributed by atoms with van der Waals surface area (Å²) in [5.41, 5.74) is 0.535. The number of piperazine rings is 1. The minimum absolute atomic E-state index is 0.213. The van der Waals surface area contributed by atoms with Crippen molar-refractivity contribution in [1.82, 2.24) is 9.80 Å². The van der Waals surface area contributed by atoms with Crippen LogP contribution in [0, 0.1) is 0 Å². The Labute approximate surface area is 152 Å². The van der Waals surface area contributed by atoms with Gasteiger partial charge < -0.3 is 19.5 Å². The smallest absolute Gasteiger partial charge is 0.313 e. The molecule has 2 aromatic rings. The van der Waals surface area contributed by atoms with Crippen LogP contribution in [-0.2, 0) is 9.59 Å². The molecule has 0 aliphatic carbocycles. The molecule has 1 N–H and O–H groups in total. The minimum atomic E-state index is -0.697. The summed E-state index contributed by atoms with van der Waals surface area (Å²) in [5, 5.41) is 2.59. The summed E-state index contributed by atoms with van der Waals surface area (Å²) in [6, 6.07) is 10.3. The first-order valence-corrected chi connectivity index (χ1v) is 8.53. The van der Waals surface area contributed by atoms with E-state index in [4.69, 9.17) is 4.42 Å². The van der Waals surface area contributed by atoms with Crippen molar-refractivity contribution in [2.45, 2.75) is 0 Å². The summed E-state index contributed by atoms with van der Waals surface area (Å²) in [6.45, 7) is 1.31. The van der Waals surface area contributed by atoms with Gasteiger partial charge in [-0.3, -0.25) is 14.4 Å². The zero-order chi connectivity index (χ0) is 17.8. The minimum Gasteiger partial charge on any atom is -0.459 e. The number of hydrogen-bond acceptors (Lipinski definition) is 4. The third-order valence-electron chi connectivity index (χ3n) is 3.90. The Morgan fingerprint density at radius 1 is 0.960 bits per heavy atom. The average molecular weight is 406 g/mol. The van der Waals surface area contributed by atoms with Crippen LogP contribution >= 0.6 is 15.9 Å². The molecule has 25 heavy (non-hydrogen) atoms. The number of nitrogens with zero attached hydrogens (tertiary/aromatic N) is 2. The van der Waals surface area contributed by atoms with Crippen molar-refractivity contribution in [1.29, 1.82) is 0 Å². The monoisotopic (exact) mass is 405 g/mol. The average Bonchev–Trinajstić information content (AvgIpc) is 3.17.